The molecule has 3 rings (SSSR count). The topological polar surface area (TPSA) is 19.4 Å². The normalized spacial score (nSPS) is 20.4. The van der Waals surface area contributed by atoms with E-state index in [0.29, 0.717) is 12.1 Å². The zero-order valence-electron chi connectivity index (χ0n) is 13.3. The maximum absolute atomic E-state index is 4.84. The Hall–Kier alpha value is -1.61. The van der Waals surface area contributed by atoms with Crippen LogP contribution >= 0.6 is 0 Å². The van der Waals surface area contributed by atoms with Crippen molar-refractivity contribution in [2.75, 3.05) is 24.5 Å². The van der Waals surface area contributed by atoms with Crippen molar-refractivity contribution in [3.63, 3.8) is 0 Å². The molecular formula is C18H25N3. The van der Waals surface area contributed by atoms with Crippen LogP contribution in [0.4, 0.5) is 5.82 Å². The largest absolute Gasteiger partial charge is 0.354 e. The third-order valence-electron chi connectivity index (χ3n) is 4.57. The monoisotopic (exact) mass is 283 g/mol. The van der Waals surface area contributed by atoms with E-state index in [1.165, 1.54) is 11.8 Å². The summed E-state index contributed by atoms with van der Waals surface area (Å²) in [5, 5.41) is 1.22. The van der Waals surface area contributed by atoms with Gasteiger partial charge in [-0.2, -0.15) is 0 Å². The first-order valence-electron chi connectivity index (χ1n) is 8.05. The lowest BCUT2D eigenvalue weighted by Gasteiger charge is -2.43. The second kappa shape index (κ2) is 6.02. The van der Waals surface area contributed by atoms with Crippen molar-refractivity contribution in [3.05, 3.63) is 36.4 Å². The highest BCUT2D eigenvalue weighted by Crippen LogP contribution is 2.23. The predicted octanol–water partition coefficient (Wildman–Crippen LogP) is 3.54. The number of pyridine rings is 1. The lowest BCUT2D eigenvalue weighted by molar-refractivity contribution is 0.133. The molecule has 1 aromatic carbocycles. The molecule has 0 spiro atoms. The number of para-hydroxylation sites is 1. The fourth-order valence-electron chi connectivity index (χ4n) is 3.35. The van der Waals surface area contributed by atoms with Crippen molar-refractivity contribution in [1.29, 1.82) is 0 Å². The molecule has 1 aromatic heterocycles. The van der Waals surface area contributed by atoms with Crippen molar-refractivity contribution in [3.8, 4) is 0 Å². The molecule has 2 heterocycles. The molecule has 2 aromatic rings. The van der Waals surface area contributed by atoms with Gasteiger partial charge in [-0.15, -0.1) is 0 Å². The number of piperazine rings is 1. The average Bonchev–Trinajstić information content (AvgIpc) is 2.53. The van der Waals surface area contributed by atoms with E-state index in [9.17, 15) is 0 Å². The van der Waals surface area contributed by atoms with Crippen molar-refractivity contribution in [2.45, 2.75) is 39.3 Å². The van der Waals surface area contributed by atoms with Crippen molar-refractivity contribution in [2.24, 2.45) is 0 Å². The minimum atomic E-state index is 0.627. The number of anilines is 1. The summed E-state index contributed by atoms with van der Waals surface area (Å²) < 4.78 is 0. The Morgan fingerprint density at radius 2 is 1.95 bits per heavy atom. The van der Waals surface area contributed by atoms with Gasteiger partial charge in [-0.3, -0.25) is 4.90 Å². The van der Waals surface area contributed by atoms with E-state index in [-0.39, 0.29) is 0 Å². The smallest absolute Gasteiger partial charge is 0.129 e. The molecule has 112 valence electrons. The third kappa shape index (κ3) is 2.88. The van der Waals surface area contributed by atoms with Gasteiger partial charge in [-0.1, -0.05) is 25.1 Å². The van der Waals surface area contributed by atoms with Crippen molar-refractivity contribution in [1.82, 2.24) is 9.88 Å². The lowest BCUT2D eigenvalue weighted by Crippen LogP contribution is -2.55. The van der Waals surface area contributed by atoms with Gasteiger partial charge in [0.15, 0.2) is 0 Å². The first-order valence-corrected chi connectivity index (χ1v) is 8.05. The Labute approximate surface area is 127 Å². The van der Waals surface area contributed by atoms with Crippen LogP contribution in [0.25, 0.3) is 10.9 Å². The van der Waals surface area contributed by atoms with Gasteiger partial charge in [-0.25, -0.2) is 4.98 Å². The van der Waals surface area contributed by atoms with E-state index in [1.54, 1.807) is 0 Å². The van der Waals surface area contributed by atoms with Gasteiger partial charge < -0.3 is 4.90 Å². The molecular weight excluding hydrogens is 258 g/mol. The zero-order chi connectivity index (χ0) is 14.8. The molecule has 21 heavy (non-hydrogen) atoms. The molecule has 1 aliphatic rings. The van der Waals surface area contributed by atoms with E-state index in [4.69, 9.17) is 4.98 Å². The molecule has 3 nitrogen and oxygen atoms in total. The summed E-state index contributed by atoms with van der Waals surface area (Å²) in [7, 11) is 0. The Balaban J connectivity index is 1.83. The first kappa shape index (κ1) is 14.3. The van der Waals surface area contributed by atoms with Gasteiger partial charge in [0.1, 0.15) is 5.82 Å². The van der Waals surface area contributed by atoms with E-state index in [2.05, 4.69) is 67.0 Å². The SMILES string of the molecule is CC[C@H]1CN(c2ccc3ccccc3n2)CCN1C(C)C. The molecule has 1 aliphatic heterocycles. The van der Waals surface area contributed by atoms with Crippen LogP contribution in [0, 0.1) is 0 Å². The molecule has 1 atom stereocenters. The van der Waals surface area contributed by atoms with E-state index < -0.39 is 0 Å². The van der Waals surface area contributed by atoms with Crippen LogP contribution < -0.4 is 4.90 Å². The fraction of sp³-hybridized carbons (Fsp3) is 0.500. The highest BCUT2D eigenvalue weighted by Gasteiger charge is 2.27. The van der Waals surface area contributed by atoms with Gasteiger partial charge in [0, 0.05) is 37.1 Å². The average molecular weight is 283 g/mol. The summed E-state index contributed by atoms with van der Waals surface area (Å²) in [5.41, 5.74) is 1.09. The first-order chi connectivity index (χ1) is 10.2. The summed E-state index contributed by atoms with van der Waals surface area (Å²) in [6, 6.07) is 14.0. The molecule has 1 fully saturated rings. The van der Waals surface area contributed by atoms with Gasteiger partial charge >= 0.3 is 0 Å². The number of fused-ring (bicyclic) bond motifs is 1. The minimum absolute atomic E-state index is 0.627. The number of aromatic nitrogens is 1. The number of nitrogens with zero attached hydrogens (tertiary/aromatic N) is 3. The quantitative estimate of drug-likeness (QED) is 0.859. The Morgan fingerprint density at radius 3 is 2.71 bits per heavy atom. The molecule has 0 radical (unpaired) electrons. The van der Waals surface area contributed by atoms with E-state index in [1.807, 2.05) is 0 Å². The lowest BCUT2D eigenvalue weighted by atomic mass is 10.1. The molecule has 0 aliphatic carbocycles. The van der Waals surface area contributed by atoms with Gasteiger partial charge in [-0.05, 0) is 38.5 Å². The van der Waals surface area contributed by atoms with E-state index >= 15 is 0 Å². The minimum Gasteiger partial charge on any atom is -0.354 e. The number of hydrogen-bond acceptors (Lipinski definition) is 3. The van der Waals surface area contributed by atoms with E-state index in [0.717, 1.165) is 31.0 Å². The van der Waals surface area contributed by atoms with Crippen LogP contribution in [0.15, 0.2) is 36.4 Å². The van der Waals surface area contributed by atoms with Crippen LogP contribution in [0.2, 0.25) is 0 Å². The standard InChI is InChI=1S/C18H25N3/c1-4-16-13-20(11-12-21(16)14(2)3)18-10-9-15-7-5-6-8-17(15)19-18/h5-10,14,16H,4,11-13H2,1-3H3/t16-/m0/s1. The molecule has 1 saturated heterocycles. The van der Waals surface area contributed by atoms with Gasteiger partial charge in [0.2, 0.25) is 0 Å². The zero-order valence-corrected chi connectivity index (χ0v) is 13.3. The van der Waals surface area contributed by atoms with Crippen LogP contribution in [0.3, 0.4) is 0 Å². The van der Waals surface area contributed by atoms with Crippen LogP contribution in [0.5, 0.6) is 0 Å². The van der Waals surface area contributed by atoms with Crippen LogP contribution in [-0.4, -0.2) is 41.6 Å². The fourth-order valence-corrected chi connectivity index (χ4v) is 3.35. The van der Waals surface area contributed by atoms with Crippen LogP contribution in [-0.2, 0) is 0 Å². The van der Waals surface area contributed by atoms with Crippen LogP contribution in [0.1, 0.15) is 27.2 Å². The Bertz CT molecular complexity index is 608. The highest BCUT2D eigenvalue weighted by atomic mass is 15.3. The maximum atomic E-state index is 4.84. The molecule has 0 unspecified atom stereocenters. The highest BCUT2D eigenvalue weighted by molar-refractivity contribution is 5.80. The summed E-state index contributed by atoms with van der Waals surface area (Å²) in [5.74, 6) is 1.12. The Kier molecular flexibility index (Phi) is 4.11. The predicted molar refractivity (Wildman–Crippen MR) is 89.9 cm³/mol. The third-order valence-corrected chi connectivity index (χ3v) is 4.57. The molecule has 0 N–H and O–H groups in total. The second-order valence-corrected chi connectivity index (χ2v) is 6.20. The summed E-state index contributed by atoms with van der Waals surface area (Å²) in [4.78, 5) is 9.91. The summed E-state index contributed by atoms with van der Waals surface area (Å²) in [6.45, 7) is 10.2. The second-order valence-electron chi connectivity index (χ2n) is 6.20. The molecule has 0 bridgehead atoms. The maximum Gasteiger partial charge on any atom is 0.129 e. The Morgan fingerprint density at radius 1 is 1.14 bits per heavy atom. The van der Waals surface area contributed by atoms with Crippen molar-refractivity contribution >= 4 is 16.7 Å². The molecule has 3 heteroatoms. The van der Waals surface area contributed by atoms with Crippen molar-refractivity contribution < 1.29 is 0 Å². The summed E-state index contributed by atoms with van der Waals surface area (Å²) >= 11 is 0. The van der Waals surface area contributed by atoms with Gasteiger partial charge in [0.25, 0.3) is 0 Å². The molecule has 0 amide bonds. The molecule has 0 saturated carbocycles. The van der Waals surface area contributed by atoms with Gasteiger partial charge in [0.05, 0.1) is 5.52 Å². The number of hydrogen-bond donors (Lipinski definition) is 0. The number of rotatable bonds is 3. The number of benzene rings is 1. The summed E-state index contributed by atoms with van der Waals surface area (Å²) in [6.07, 6.45) is 1.20.